The molecule has 0 unspecified atom stereocenters. The van der Waals surface area contributed by atoms with Gasteiger partial charge < -0.3 is 9.84 Å². The Morgan fingerprint density at radius 3 is 2.77 bits per heavy atom. The van der Waals surface area contributed by atoms with Gasteiger partial charge in [0.1, 0.15) is 11.7 Å². The van der Waals surface area contributed by atoms with Gasteiger partial charge in [0, 0.05) is 12.5 Å². The van der Waals surface area contributed by atoms with Crippen molar-refractivity contribution >= 4 is 11.8 Å². The van der Waals surface area contributed by atoms with Crippen LogP contribution in [0.2, 0.25) is 0 Å². The van der Waals surface area contributed by atoms with Crippen LogP contribution in [0.3, 0.4) is 0 Å². The molecule has 0 radical (unpaired) electrons. The molecule has 0 amide bonds. The maximum atomic E-state index is 11.2. The van der Waals surface area contributed by atoms with E-state index < -0.39 is 11.9 Å². The van der Waals surface area contributed by atoms with Gasteiger partial charge in [-0.25, -0.2) is 0 Å². The molecule has 0 fully saturated rings. The maximum absolute atomic E-state index is 11.2. The van der Waals surface area contributed by atoms with Gasteiger partial charge in [0.25, 0.3) is 0 Å². The number of carbonyl (C=O) groups is 2. The molecular weight excluding hydrogens is 172 g/mol. The second kappa shape index (κ2) is 3.60. The number of allylic oxidation sites excluding steroid dienone is 1. The largest absolute Gasteiger partial charge is 0.511 e. The van der Waals surface area contributed by atoms with Gasteiger partial charge in [0.15, 0.2) is 5.78 Å². The van der Waals surface area contributed by atoms with Gasteiger partial charge in [-0.3, -0.25) is 9.59 Å². The van der Waals surface area contributed by atoms with E-state index in [1.54, 1.807) is 6.92 Å². The van der Waals surface area contributed by atoms with Crippen molar-refractivity contribution in [2.75, 3.05) is 7.11 Å². The highest BCUT2D eigenvalue weighted by atomic mass is 16.5. The third kappa shape index (κ3) is 1.88. The van der Waals surface area contributed by atoms with Crippen LogP contribution in [0.5, 0.6) is 0 Å². The lowest BCUT2D eigenvalue weighted by Gasteiger charge is -2.23. The van der Waals surface area contributed by atoms with Gasteiger partial charge in [0.2, 0.25) is 0 Å². The normalized spacial score (nSPS) is 28.2. The zero-order valence-corrected chi connectivity index (χ0v) is 7.61. The van der Waals surface area contributed by atoms with E-state index in [0.29, 0.717) is 0 Å². The fourth-order valence-corrected chi connectivity index (χ4v) is 1.52. The first kappa shape index (κ1) is 9.77. The Balaban J connectivity index is 2.90. The second-order valence-electron chi connectivity index (χ2n) is 3.22. The maximum Gasteiger partial charge on any atom is 0.316 e. The van der Waals surface area contributed by atoms with Crippen LogP contribution in [0.25, 0.3) is 0 Å². The number of rotatable bonds is 1. The smallest absolute Gasteiger partial charge is 0.316 e. The highest BCUT2D eigenvalue weighted by Crippen LogP contribution is 2.27. The van der Waals surface area contributed by atoms with Gasteiger partial charge in [-0.2, -0.15) is 0 Å². The summed E-state index contributed by atoms with van der Waals surface area (Å²) < 4.78 is 4.51. The second-order valence-corrected chi connectivity index (χ2v) is 3.22. The van der Waals surface area contributed by atoms with E-state index in [-0.39, 0.29) is 23.9 Å². The lowest BCUT2D eigenvalue weighted by Crippen LogP contribution is -2.30. The summed E-state index contributed by atoms with van der Waals surface area (Å²) in [5, 5.41) is 9.35. The van der Waals surface area contributed by atoms with Gasteiger partial charge >= 0.3 is 5.97 Å². The molecule has 1 N–H and O–H groups in total. The first-order valence-corrected chi connectivity index (χ1v) is 4.07. The summed E-state index contributed by atoms with van der Waals surface area (Å²) in [5.74, 6) is -1.69. The predicted molar refractivity (Wildman–Crippen MR) is 45.0 cm³/mol. The average molecular weight is 184 g/mol. The van der Waals surface area contributed by atoms with Crippen molar-refractivity contribution in [2.45, 2.75) is 13.3 Å². The summed E-state index contributed by atoms with van der Waals surface area (Å²) in [5.41, 5.74) is 0. The zero-order chi connectivity index (χ0) is 10.0. The minimum Gasteiger partial charge on any atom is -0.511 e. The Hall–Kier alpha value is -1.32. The number of carbonyl (C=O) groups excluding carboxylic acids is 2. The van der Waals surface area contributed by atoms with E-state index in [4.69, 9.17) is 0 Å². The lowest BCUT2D eigenvalue weighted by atomic mass is 9.83. The molecule has 4 heteroatoms. The van der Waals surface area contributed by atoms with Crippen molar-refractivity contribution in [2.24, 2.45) is 11.8 Å². The van der Waals surface area contributed by atoms with Crippen LogP contribution in [0.1, 0.15) is 13.3 Å². The molecule has 1 aliphatic carbocycles. The molecule has 72 valence electrons. The molecule has 0 heterocycles. The summed E-state index contributed by atoms with van der Waals surface area (Å²) in [6.07, 6.45) is 1.38. The van der Waals surface area contributed by atoms with Crippen molar-refractivity contribution in [3.63, 3.8) is 0 Å². The predicted octanol–water partition coefficient (Wildman–Crippen LogP) is 0.826. The number of ketones is 1. The van der Waals surface area contributed by atoms with E-state index in [1.165, 1.54) is 7.11 Å². The standard InChI is InChI=1S/C9H12O4/c1-5-3-6(10)4-7(11)8(5)9(12)13-2/h4-5,8,11H,3H2,1-2H3/t5-,8-/m1/s1. The van der Waals surface area contributed by atoms with Crippen molar-refractivity contribution < 1.29 is 19.4 Å². The summed E-state index contributed by atoms with van der Waals surface area (Å²) in [7, 11) is 1.26. The van der Waals surface area contributed by atoms with Gasteiger partial charge in [0.05, 0.1) is 7.11 Å². The Morgan fingerprint density at radius 1 is 1.69 bits per heavy atom. The third-order valence-corrected chi connectivity index (χ3v) is 2.17. The number of ether oxygens (including phenoxy) is 1. The average Bonchev–Trinajstić information content (AvgIpc) is 2.02. The molecule has 13 heavy (non-hydrogen) atoms. The van der Waals surface area contributed by atoms with Crippen molar-refractivity contribution in [1.82, 2.24) is 0 Å². The van der Waals surface area contributed by atoms with Crippen LogP contribution in [-0.4, -0.2) is 24.0 Å². The minimum atomic E-state index is -0.678. The molecule has 0 aromatic heterocycles. The van der Waals surface area contributed by atoms with E-state index in [0.717, 1.165) is 6.08 Å². The van der Waals surface area contributed by atoms with Crippen LogP contribution >= 0.6 is 0 Å². The highest BCUT2D eigenvalue weighted by Gasteiger charge is 2.34. The SMILES string of the molecule is COC(=O)[C@H]1C(O)=CC(=O)C[C@H]1C. The molecule has 1 rings (SSSR count). The van der Waals surface area contributed by atoms with Crippen LogP contribution < -0.4 is 0 Å². The summed E-state index contributed by atoms with van der Waals surface area (Å²) in [4.78, 5) is 22.1. The Kier molecular flexibility index (Phi) is 2.70. The number of hydrogen-bond donors (Lipinski definition) is 1. The number of methoxy groups -OCH3 is 1. The molecule has 0 saturated carbocycles. The quantitative estimate of drug-likeness (QED) is 0.613. The van der Waals surface area contributed by atoms with Crippen LogP contribution in [0, 0.1) is 11.8 Å². The summed E-state index contributed by atoms with van der Waals surface area (Å²) in [6, 6.07) is 0. The topological polar surface area (TPSA) is 63.6 Å². The van der Waals surface area contributed by atoms with Crippen molar-refractivity contribution in [1.29, 1.82) is 0 Å². The Labute approximate surface area is 76.2 Å². The summed E-state index contributed by atoms with van der Waals surface area (Å²) >= 11 is 0. The molecule has 4 nitrogen and oxygen atoms in total. The van der Waals surface area contributed by atoms with Crippen LogP contribution in [-0.2, 0) is 14.3 Å². The van der Waals surface area contributed by atoms with Gasteiger partial charge in [-0.1, -0.05) is 6.92 Å². The highest BCUT2D eigenvalue weighted by molar-refractivity contribution is 5.93. The van der Waals surface area contributed by atoms with Gasteiger partial charge in [-0.15, -0.1) is 0 Å². The first-order valence-electron chi connectivity index (χ1n) is 4.07. The molecule has 0 bridgehead atoms. The van der Waals surface area contributed by atoms with E-state index in [1.807, 2.05) is 0 Å². The molecule has 0 spiro atoms. The van der Waals surface area contributed by atoms with Gasteiger partial charge in [-0.05, 0) is 5.92 Å². The third-order valence-electron chi connectivity index (χ3n) is 2.17. The fourth-order valence-electron chi connectivity index (χ4n) is 1.52. The molecule has 0 saturated heterocycles. The number of aliphatic hydroxyl groups is 1. The molecule has 2 atom stereocenters. The molecule has 1 aliphatic rings. The first-order chi connectivity index (χ1) is 6.06. The molecule has 0 aliphatic heterocycles. The van der Waals surface area contributed by atoms with E-state index in [9.17, 15) is 14.7 Å². The number of aliphatic hydroxyl groups excluding tert-OH is 1. The number of esters is 1. The van der Waals surface area contributed by atoms with Crippen molar-refractivity contribution in [3.05, 3.63) is 11.8 Å². The fraction of sp³-hybridized carbons (Fsp3) is 0.556. The zero-order valence-electron chi connectivity index (χ0n) is 7.61. The number of hydrogen-bond acceptors (Lipinski definition) is 4. The Morgan fingerprint density at radius 2 is 2.31 bits per heavy atom. The van der Waals surface area contributed by atoms with Crippen LogP contribution in [0.15, 0.2) is 11.8 Å². The molecular formula is C9H12O4. The molecule has 0 aromatic carbocycles. The van der Waals surface area contributed by atoms with Crippen molar-refractivity contribution in [3.8, 4) is 0 Å². The molecule has 0 aromatic rings. The Bertz CT molecular complexity index is 267. The monoisotopic (exact) mass is 184 g/mol. The minimum absolute atomic E-state index is 0.148. The lowest BCUT2D eigenvalue weighted by molar-refractivity contribution is -0.147. The van der Waals surface area contributed by atoms with E-state index >= 15 is 0 Å². The summed E-state index contributed by atoms with van der Waals surface area (Å²) in [6.45, 7) is 1.74. The van der Waals surface area contributed by atoms with E-state index in [2.05, 4.69) is 4.74 Å². The van der Waals surface area contributed by atoms with Crippen LogP contribution in [0.4, 0.5) is 0 Å².